The summed E-state index contributed by atoms with van der Waals surface area (Å²) >= 11 is 0. The monoisotopic (exact) mass is 334 g/mol. The molecule has 7 heteroatoms. The van der Waals surface area contributed by atoms with Crippen molar-refractivity contribution in [1.82, 2.24) is 9.97 Å². The Morgan fingerprint density at radius 3 is 2.71 bits per heavy atom. The first-order valence-corrected chi connectivity index (χ1v) is 8.39. The first-order chi connectivity index (χ1) is 11.5. The summed E-state index contributed by atoms with van der Waals surface area (Å²) in [6.45, 7) is 4.18. The van der Waals surface area contributed by atoms with Crippen molar-refractivity contribution in [2.75, 3.05) is 24.3 Å². The summed E-state index contributed by atoms with van der Waals surface area (Å²) in [5, 5.41) is 12.7. The lowest BCUT2D eigenvalue weighted by Gasteiger charge is -2.29. The molecule has 1 saturated carbocycles. The molecule has 7 nitrogen and oxygen atoms in total. The van der Waals surface area contributed by atoms with E-state index in [0.29, 0.717) is 24.0 Å². The fraction of sp³-hybridized carbons (Fsp3) is 0.588. The highest BCUT2D eigenvalue weighted by Gasteiger charge is 2.22. The van der Waals surface area contributed by atoms with Gasteiger partial charge in [0.05, 0.1) is 12.3 Å². The lowest BCUT2D eigenvalue weighted by atomic mass is 9.86. The zero-order valence-electron chi connectivity index (χ0n) is 14.3. The third-order valence-corrected chi connectivity index (χ3v) is 4.27. The number of esters is 1. The van der Waals surface area contributed by atoms with Crippen LogP contribution in [0.1, 0.15) is 43.9 Å². The molecular weight excluding hydrogens is 308 g/mol. The van der Waals surface area contributed by atoms with E-state index < -0.39 is 5.97 Å². The van der Waals surface area contributed by atoms with Crippen LogP contribution in [0.15, 0.2) is 6.08 Å². The smallest absolute Gasteiger partial charge is 0.330 e. The number of hydrogen-bond donors (Lipinski definition) is 3. The number of carbonyl (C=O) groups is 1. The molecule has 24 heavy (non-hydrogen) atoms. The van der Waals surface area contributed by atoms with Crippen LogP contribution in [0.25, 0.3) is 6.08 Å². The van der Waals surface area contributed by atoms with Crippen molar-refractivity contribution in [2.24, 2.45) is 5.92 Å². The standard InChI is InChI=1S/C17H26N4O3/c1-3-24-15(23)9-8-14-11(2)19-17(18)21-16(14)20-13-6-4-12(10-22)5-7-13/h8-9,12-13,22H,3-7,10H2,1-2H3,(H3,18,19,20,21)/b9-8+. The minimum atomic E-state index is -0.400. The first-order valence-electron chi connectivity index (χ1n) is 8.39. The molecule has 0 unspecified atom stereocenters. The van der Waals surface area contributed by atoms with Crippen molar-refractivity contribution in [3.05, 3.63) is 17.3 Å². The van der Waals surface area contributed by atoms with Gasteiger partial charge in [-0.1, -0.05) is 0 Å². The van der Waals surface area contributed by atoms with Gasteiger partial charge in [0.1, 0.15) is 5.82 Å². The van der Waals surface area contributed by atoms with Gasteiger partial charge >= 0.3 is 5.97 Å². The van der Waals surface area contributed by atoms with E-state index in [2.05, 4.69) is 15.3 Å². The molecule has 2 rings (SSSR count). The summed E-state index contributed by atoms with van der Waals surface area (Å²) in [5.41, 5.74) is 7.21. The molecule has 0 atom stereocenters. The molecule has 1 heterocycles. The van der Waals surface area contributed by atoms with Gasteiger partial charge in [-0.3, -0.25) is 0 Å². The van der Waals surface area contributed by atoms with Gasteiger partial charge in [0, 0.05) is 24.3 Å². The van der Waals surface area contributed by atoms with Crippen LogP contribution in [0.4, 0.5) is 11.8 Å². The third kappa shape index (κ3) is 4.92. The van der Waals surface area contributed by atoms with Gasteiger partial charge in [-0.15, -0.1) is 0 Å². The topological polar surface area (TPSA) is 110 Å². The Morgan fingerprint density at radius 2 is 2.08 bits per heavy atom. The Balaban J connectivity index is 2.14. The highest BCUT2D eigenvalue weighted by molar-refractivity contribution is 5.88. The number of carbonyl (C=O) groups excluding carboxylic acids is 1. The van der Waals surface area contributed by atoms with Crippen LogP contribution < -0.4 is 11.1 Å². The van der Waals surface area contributed by atoms with Crippen LogP contribution >= 0.6 is 0 Å². The van der Waals surface area contributed by atoms with Gasteiger partial charge in [0.15, 0.2) is 0 Å². The molecule has 0 amide bonds. The van der Waals surface area contributed by atoms with Crippen LogP contribution in [-0.2, 0) is 9.53 Å². The van der Waals surface area contributed by atoms with Crippen molar-refractivity contribution in [3.63, 3.8) is 0 Å². The van der Waals surface area contributed by atoms with E-state index in [1.165, 1.54) is 6.08 Å². The number of nitrogens with one attached hydrogen (secondary N) is 1. The molecule has 1 aromatic heterocycles. The van der Waals surface area contributed by atoms with Crippen LogP contribution in [0.3, 0.4) is 0 Å². The largest absolute Gasteiger partial charge is 0.463 e. The zero-order chi connectivity index (χ0) is 17.5. The Labute approximate surface area is 142 Å². The van der Waals surface area contributed by atoms with E-state index in [1.807, 2.05) is 6.92 Å². The molecule has 0 spiro atoms. The van der Waals surface area contributed by atoms with Crippen LogP contribution in [0.2, 0.25) is 0 Å². The highest BCUT2D eigenvalue weighted by atomic mass is 16.5. The molecule has 132 valence electrons. The van der Waals surface area contributed by atoms with E-state index in [0.717, 1.165) is 31.2 Å². The second kappa shape index (κ2) is 8.63. The van der Waals surface area contributed by atoms with Crippen LogP contribution in [-0.4, -0.2) is 40.3 Å². The van der Waals surface area contributed by atoms with Crippen LogP contribution in [0, 0.1) is 12.8 Å². The Hall–Kier alpha value is -2.15. The maximum atomic E-state index is 11.5. The predicted octanol–water partition coefficient (Wildman–Crippen LogP) is 1.91. The number of aliphatic hydroxyl groups excluding tert-OH is 1. The number of aryl methyl sites for hydroxylation is 1. The number of anilines is 2. The predicted molar refractivity (Wildman–Crippen MR) is 93.3 cm³/mol. The van der Waals surface area contributed by atoms with E-state index >= 15 is 0 Å². The van der Waals surface area contributed by atoms with Crippen molar-refractivity contribution in [3.8, 4) is 0 Å². The number of aromatic nitrogens is 2. The number of nitrogen functional groups attached to an aromatic ring is 1. The highest BCUT2D eigenvalue weighted by Crippen LogP contribution is 2.28. The summed E-state index contributed by atoms with van der Waals surface area (Å²) in [7, 11) is 0. The van der Waals surface area contributed by atoms with Gasteiger partial charge in [-0.05, 0) is 51.5 Å². The number of nitrogens with zero attached hydrogens (tertiary/aromatic N) is 2. The lowest BCUT2D eigenvalue weighted by molar-refractivity contribution is -0.137. The number of hydrogen-bond acceptors (Lipinski definition) is 7. The second-order valence-corrected chi connectivity index (χ2v) is 6.06. The van der Waals surface area contributed by atoms with Gasteiger partial charge in [-0.25, -0.2) is 9.78 Å². The lowest BCUT2D eigenvalue weighted by Crippen LogP contribution is -2.28. The molecular formula is C17H26N4O3. The number of nitrogens with two attached hydrogens (primary N) is 1. The van der Waals surface area contributed by atoms with Gasteiger partial charge in [0.25, 0.3) is 0 Å². The number of rotatable bonds is 6. The maximum Gasteiger partial charge on any atom is 0.330 e. The van der Waals surface area contributed by atoms with Crippen molar-refractivity contribution >= 4 is 23.8 Å². The molecule has 1 aliphatic carbocycles. The summed E-state index contributed by atoms with van der Waals surface area (Å²) in [4.78, 5) is 20.0. The molecule has 1 fully saturated rings. The van der Waals surface area contributed by atoms with Gasteiger partial charge < -0.3 is 20.9 Å². The fourth-order valence-electron chi connectivity index (χ4n) is 2.94. The SMILES string of the molecule is CCOC(=O)/C=C/c1c(C)nc(N)nc1NC1CCC(CO)CC1. The average molecular weight is 334 g/mol. The van der Waals surface area contributed by atoms with Crippen molar-refractivity contribution < 1.29 is 14.6 Å². The van der Waals surface area contributed by atoms with Gasteiger partial charge in [0.2, 0.25) is 5.95 Å². The quantitative estimate of drug-likeness (QED) is 0.538. The second-order valence-electron chi connectivity index (χ2n) is 6.06. The summed E-state index contributed by atoms with van der Waals surface area (Å²) in [5.74, 6) is 0.826. The zero-order valence-corrected chi connectivity index (χ0v) is 14.3. The molecule has 1 aromatic rings. The van der Waals surface area contributed by atoms with Gasteiger partial charge in [-0.2, -0.15) is 4.98 Å². The van der Waals surface area contributed by atoms with E-state index in [4.69, 9.17) is 10.5 Å². The molecule has 1 aliphatic rings. The van der Waals surface area contributed by atoms with E-state index in [1.54, 1.807) is 13.0 Å². The Morgan fingerprint density at radius 1 is 1.38 bits per heavy atom. The average Bonchev–Trinajstić information content (AvgIpc) is 2.55. The molecule has 0 aromatic carbocycles. The van der Waals surface area contributed by atoms with E-state index in [-0.39, 0.29) is 18.6 Å². The number of aliphatic hydroxyl groups is 1. The maximum absolute atomic E-state index is 11.5. The molecule has 4 N–H and O–H groups in total. The van der Waals surface area contributed by atoms with E-state index in [9.17, 15) is 9.90 Å². The minimum absolute atomic E-state index is 0.201. The summed E-state index contributed by atoms with van der Waals surface area (Å²) in [6, 6.07) is 0.274. The normalized spacial score (nSPS) is 21.0. The Kier molecular flexibility index (Phi) is 6.54. The number of ether oxygens (including phenoxy) is 1. The third-order valence-electron chi connectivity index (χ3n) is 4.27. The molecule has 0 bridgehead atoms. The summed E-state index contributed by atoms with van der Waals surface area (Å²) < 4.78 is 4.91. The first kappa shape index (κ1) is 18.2. The molecule has 0 radical (unpaired) electrons. The fourth-order valence-corrected chi connectivity index (χ4v) is 2.94. The van der Waals surface area contributed by atoms with Crippen molar-refractivity contribution in [2.45, 2.75) is 45.6 Å². The Bertz CT molecular complexity index is 596. The minimum Gasteiger partial charge on any atom is -0.463 e. The summed E-state index contributed by atoms with van der Waals surface area (Å²) in [6.07, 6.45) is 6.95. The van der Waals surface area contributed by atoms with Crippen molar-refractivity contribution in [1.29, 1.82) is 0 Å². The molecule has 0 saturated heterocycles. The molecule has 0 aliphatic heterocycles. The van der Waals surface area contributed by atoms with Crippen LogP contribution in [0.5, 0.6) is 0 Å².